The highest BCUT2D eigenvalue weighted by Gasteiger charge is 2.29. The van der Waals surface area contributed by atoms with Crippen LogP contribution >= 0.6 is 0 Å². The molecular formula is C13H20N2O3S. The van der Waals surface area contributed by atoms with Gasteiger partial charge in [-0.2, -0.15) is 0 Å². The number of benzene rings is 1. The van der Waals surface area contributed by atoms with E-state index in [1.807, 2.05) is 0 Å². The van der Waals surface area contributed by atoms with Crippen molar-refractivity contribution in [2.45, 2.75) is 24.6 Å². The number of hydrogen-bond donors (Lipinski definition) is 2. The van der Waals surface area contributed by atoms with Gasteiger partial charge in [0.05, 0.1) is 12.9 Å². The second kappa shape index (κ2) is 5.90. The van der Waals surface area contributed by atoms with Gasteiger partial charge in [-0.15, -0.1) is 0 Å². The summed E-state index contributed by atoms with van der Waals surface area (Å²) in [4.78, 5) is 0. The summed E-state index contributed by atoms with van der Waals surface area (Å²) in [6.07, 6.45) is 2.22. The molecule has 1 fully saturated rings. The molecule has 19 heavy (non-hydrogen) atoms. The minimum absolute atomic E-state index is 0.0540. The molecule has 106 valence electrons. The highest BCUT2D eigenvalue weighted by molar-refractivity contribution is 7.88. The molecule has 1 aromatic rings. The molecule has 1 atom stereocenters. The van der Waals surface area contributed by atoms with Crippen LogP contribution in [-0.2, 0) is 15.8 Å². The van der Waals surface area contributed by atoms with Crippen LogP contribution in [0.5, 0.6) is 5.75 Å². The predicted molar refractivity (Wildman–Crippen MR) is 74.3 cm³/mol. The van der Waals surface area contributed by atoms with E-state index < -0.39 is 10.0 Å². The number of nitrogens with two attached hydrogens (primary N) is 1. The Bertz CT molecular complexity index is 526. The van der Waals surface area contributed by atoms with Gasteiger partial charge in [0.15, 0.2) is 0 Å². The molecule has 0 aliphatic heterocycles. The zero-order valence-corrected chi connectivity index (χ0v) is 11.8. The molecule has 6 heteroatoms. The van der Waals surface area contributed by atoms with Crippen molar-refractivity contribution in [2.75, 3.05) is 13.7 Å². The van der Waals surface area contributed by atoms with Crippen LogP contribution in [0.4, 0.5) is 0 Å². The molecule has 2 rings (SSSR count). The van der Waals surface area contributed by atoms with Crippen molar-refractivity contribution in [3.8, 4) is 5.75 Å². The molecule has 0 radical (unpaired) electrons. The Morgan fingerprint density at radius 2 is 2.21 bits per heavy atom. The molecular weight excluding hydrogens is 264 g/mol. The highest BCUT2D eigenvalue weighted by Crippen LogP contribution is 2.31. The summed E-state index contributed by atoms with van der Waals surface area (Å²) in [7, 11) is -1.79. The highest BCUT2D eigenvalue weighted by atomic mass is 32.2. The molecule has 1 aliphatic rings. The molecule has 0 bridgehead atoms. The average molecular weight is 284 g/mol. The van der Waals surface area contributed by atoms with Gasteiger partial charge in [0, 0.05) is 12.6 Å². The third-order valence-electron chi connectivity index (χ3n) is 3.26. The Morgan fingerprint density at radius 1 is 1.47 bits per heavy atom. The molecule has 0 amide bonds. The molecule has 1 aliphatic carbocycles. The van der Waals surface area contributed by atoms with Gasteiger partial charge in [0.2, 0.25) is 10.0 Å². The van der Waals surface area contributed by atoms with Gasteiger partial charge >= 0.3 is 0 Å². The molecule has 0 saturated heterocycles. The Morgan fingerprint density at radius 3 is 2.84 bits per heavy atom. The molecule has 0 aromatic heterocycles. The predicted octanol–water partition coefficient (Wildman–Crippen LogP) is 0.852. The summed E-state index contributed by atoms with van der Waals surface area (Å²) >= 11 is 0. The maximum Gasteiger partial charge on any atom is 0.215 e. The van der Waals surface area contributed by atoms with Gasteiger partial charge in [-0.3, -0.25) is 0 Å². The fraction of sp³-hybridized carbons (Fsp3) is 0.538. The monoisotopic (exact) mass is 284 g/mol. The van der Waals surface area contributed by atoms with Crippen LogP contribution in [0, 0.1) is 5.92 Å². The lowest BCUT2D eigenvalue weighted by Crippen LogP contribution is -2.39. The quantitative estimate of drug-likeness (QED) is 0.778. The van der Waals surface area contributed by atoms with Crippen molar-refractivity contribution in [3.63, 3.8) is 0 Å². The standard InChI is InChI=1S/C13H20N2O3S/c1-18-12-4-2-3-10(7-12)9-19(16,17)15-8-13(14)11-5-6-11/h2-4,7,11,13,15H,5-6,8-9,14H2,1H3. The average Bonchev–Trinajstić information content (AvgIpc) is 3.20. The lowest BCUT2D eigenvalue weighted by molar-refractivity contribution is 0.414. The first-order valence-corrected chi connectivity index (χ1v) is 8.01. The van der Waals surface area contributed by atoms with Gasteiger partial charge in [-0.25, -0.2) is 13.1 Å². The van der Waals surface area contributed by atoms with Crippen molar-refractivity contribution in [3.05, 3.63) is 29.8 Å². The Labute approximate surface area is 114 Å². The first-order chi connectivity index (χ1) is 9.00. The normalized spacial score (nSPS) is 17.2. The minimum atomic E-state index is -3.35. The minimum Gasteiger partial charge on any atom is -0.497 e. The molecule has 1 aromatic carbocycles. The summed E-state index contributed by atoms with van der Waals surface area (Å²) in [5.74, 6) is 1.09. The van der Waals surface area contributed by atoms with Crippen molar-refractivity contribution in [1.29, 1.82) is 0 Å². The molecule has 1 saturated carbocycles. The number of sulfonamides is 1. The van der Waals surface area contributed by atoms with Crippen molar-refractivity contribution in [1.82, 2.24) is 4.72 Å². The zero-order chi connectivity index (χ0) is 13.9. The lowest BCUT2D eigenvalue weighted by Gasteiger charge is -2.12. The van der Waals surface area contributed by atoms with Crippen molar-refractivity contribution in [2.24, 2.45) is 11.7 Å². The largest absolute Gasteiger partial charge is 0.497 e. The maximum absolute atomic E-state index is 11.9. The number of methoxy groups -OCH3 is 1. The van der Waals surface area contributed by atoms with Crippen LogP contribution in [0.25, 0.3) is 0 Å². The van der Waals surface area contributed by atoms with Gasteiger partial charge in [0.1, 0.15) is 5.75 Å². The Kier molecular flexibility index (Phi) is 4.44. The SMILES string of the molecule is COc1cccc(CS(=O)(=O)NCC(N)C2CC2)c1. The molecule has 3 N–H and O–H groups in total. The molecule has 0 heterocycles. The summed E-state index contributed by atoms with van der Waals surface area (Å²) in [6.45, 7) is 0.316. The lowest BCUT2D eigenvalue weighted by atomic mass is 10.2. The van der Waals surface area contributed by atoms with Crippen LogP contribution in [0.1, 0.15) is 18.4 Å². The third-order valence-corrected chi connectivity index (χ3v) is 4.58. The number of nitrogens with one attached hydrogen (secondary N) is 1. The van der Waals surface area contributed by atoms with E-state index in [0.29, 0.717) is 23.8 Å². The fourth-order valence-corrected chi connectivity index (χ4v) is 3.11. The van der Waals surface area contributed by atoms with E-state index in [1.165, 1.54) is 0 Å². The topological polar surface area (TPSA) is 81.4 Å². The van der Waals surface area contributed by atoms with Gasteiger partial charge in [-0.1, -0.05) is 12.1 Å². The van der Waals surface area contributed by atoms with Crippen LogP contribution in [0.2, 0.25) is 0 Å². The second-order valence-electron chi connectivity index (χ2n) is 4.96. The second-order valence-corrected chi connectivity index (χ2v) is 6.77. The summed E-state index contributed by atoms with van der Waals surface area (Å²) in [6, 6.07) is 6.98. The van der Waals surface area contributed by atoms with Crippen LogP contribution in [0.3, 0.4) is 0 Å². The van der Waals surface area contributed by atoms with Crippen LogP contribution in [0.15, 0.2) is 24.3 Å². The molecule has 0 spiro atoms. The van der Waals surface area contributed by atoms with Crippen LogP contribution < -0.4 is 15.2 Å². The van der Waals surface area contributed by atoms with E-state index in [0.717, 1.165) is 12.8 Å². The zero-order valence-electron chi connectivity index (χ0n) is 11.0. The Hall–Kier alpha value is -1.11. The number of hydrogen-bond acceptors (Lipinski definition) is 4. The number of rotatable bonds is 7. The fourth-order valence-electron chi connectivity index (χ4n) is 1.95. The maximum atomic E-state index is 11.9. The van der Waals surface area contributed by atoms with Crippen LogP contribution in [-0.4, -0.2) is 28.1 Å². The van der Waals surface area contributed by atoms with Gasteiger partial charge in [0.25, 0.3) is 0 Å². The van der Waals surface area contributed by atoms with E-state index in [4.69, 9.17) is 10.5 Å². The van der Waals surface area contributed by atoms with E-state index in [-0.39, 0.29) is 11.8 Å². The van der Waals surface area contributed by atoms with E-state index >= 15 is 0 Å². The van der Waals surface area contributed by atoms with E-state index in [9.17, 15) is 8.42 Å². The summed E-state index contributed by atoms with van der Waals surface area (Å²) in [5.41, 5.74) is 6.58. The summed E-state index contributed by atoms with van der Waals surface area (Å²) < 4.78 is 31.5. The molecule has 5 nitrogen and oxygen atoms in total. The Balaban J connectivity index is 1.91. The van der Waals surface area contributed by atoms with Crippen molar-refractivity contribution >= 4 is 10.0 Å². The summed E-state index contributed by atoms with van der Waals surface area (Å²) in [5, 5.41) is 0. The van der Waals surface area contributed by atoms with Crippen molar-refractivity contribution < 1.29 is 13.2 Å². The van der Waals surface area contributed by atoms with E-state index in [2.05, 4.69) is 4.72 Å². The third kappa shape index (κ3) is 4.49. The number of ether oxygens (including phenoxy) is 1. The van der Waals surface area contributed by atoms with Gasteiger partial charge < -0.3 is 10.5 Å². The van der Waals surface area contributed by atoms with E-state index in [1.54, 1.807) is 31.4 Å². The smallest absolute Gasteiger partial charge is 0.215 e. The molecule has 1 unspecified atom stereocenters. The first kappa shape index (κ1) is 14.3. The van der Waals surface area contributed by atoms with Gasteiger partial charge in [-0.05, 0) is 36.5 Å². The first-order valence-electron chi connectivity index (χ1n) is 6.36.